The lowest BCUT2D eigenvalue weighted by Crippen LogP contribution is -2.43. The summed E-state index contributed by atoms with van der Waals surface area (Å²) in [6, 6.07) is 0.654. The van der Waals surface area contributed by atoms with Gasteiger partial charge >= 0.3 is 0 Å². The molecule has 0 radical (unpaired) electrons. The van der Waals surface area contributed by atoms with Crippen molar-refractivity contribution >= 4 is 0 Å². The number of rotatable bonds is 8. The molecule has 14 heavy (non-hydrogen) atoms. The zero-order chi connectivity index (χ0) is 11.0. The highest BCUT2D eigenvalue weighted by Crippen LogP contribution is 2.08. The van der Waals surface area contributed by atoms with Crippen molar-refractivity contribution in [2.45, 2.75) is 46.6 Å². The molecule has 0 saturated heterocycles. The summed E-state index contributed by atoms with van der Waals surface area (Å²) in [6.45, 7) is 12.5. The van der Waals surface area contributed by atoms with Crippen LogP contribution in [0.25, 0.3) is 0 Å². The van der Waals surface area contributed by atoms with Crippen molar-refractivity contribution in [1.82, 2.24) is 10.2 Å². The standard InChI is InChI=1S/C12H28N2/c1-6-9-14(5)10-12(13-8-3)11(4)7-2/h11-13H,6-10H2,1-5H3. The first-order valence-electron chi connectivity index (χ1n) is 6.07. The zero-order valence-electron chi connectivity index (χ0n) is 10.6. The lowest BCUT2D eigenvalue weighted by atomic mass is 9.98. The number of nitrogens with zero attached hydrogens (tertiary/aromatic N) is 1. The van der Waals surface area contributed by atoms with Crippen molar-refractivity contribution in [3.8, 4) is 0 Å². The van der Waals surface area contributed by atoms with E-state index >= 15 is 0 Å². The Hall–Kier alpha value is -0.0800. The number of nitrogens with one attached hydrogen (secondary N) is 1. The van der Waals surface area contributed by atoms with Crippen LogP contribution in [0.4, 0.5) is 0 Å². The van der Waals surface area contributed by atoms with Crippen molar-refractivity contribution in [2.75, 3.05) is 26.7 Å². The molecule has 2 heteroatoms. The monoisotopic (exact) mass is 200 g/mol. The first kappa shape index (κ1) is 13.9. The molecule has 0 aliphatic rings. The van der Waals surface area contributed by atoms with E-state index in [4.69, 9.17) is 0 Å². The van der Waals surface area contributed by atoms with E-state index in [1.165, 1.54) is 25.9 Å². The van der Waals surface area contributed by atoms with Crippen molar-refractivity contribution < 1.29 is 0 Å². The summed E-state index contributed by atoms with van der Waals surface area (Å²) >= 11 is 0. The van der Waals surface area contributed by atoms with Crippen LogP contribution in [0.5, 0.6) is 0 Å². The summed E-state index contributed by atoms with van der Waals surface area (Å²) in [5, 5.41) is 3.58. The Morgan fingerprint density at radius 3 is 2.29 bits per heavy atom. The van der Waals surface area contributed by atoms with Crippen LogP contribution in [0.3, 0.4) is 0 Å². The lowest BCUT2D eigenvalue weighted by molar-refractivity contribution is 0.246. The first-order chi connectivity index (χ1) is 6.65. The van der Waals surface area contributed by atoms with Crippen molar-refractivity contribution in [1.29, 1.82) is 0 Å². The minimum Gasteiger partial charge on any atom is -0.313 e. The maximum absolute atomic E-state index is 3.58. The molecular weight excluding hydrogens is 172 g/mol. The Labute approximate surface area is 90.1 Å². The molecule has 2 unspecified atom stereocenters. The SMILES string of the molecule is CCCN(C)CC(NCC)C(C)CC. The van der Waals surface area contributed by atoms with Gasteiger partial charge in [-0.2, -0.15) is 0 Å². The molecule has 1 N–H and O–H groups in total. The van der Waals surface area contributed by atoms with E-state index in [9.17, 15) is 0 Å². The van der Waals surface area contributed by atoms with E-state index < -0.39 is 0 Å². The predicted molar refractivity (Wildman–Crippen MR) is 64.7 cm³/mol. The van der Waals surface area contributed by atoms with Gasteiger partial charge in [0.1, 0.15) is 0 Å². The molecule has 0 aromatic rings. The highest BCUT2D eigenvalue weighted by Gasteiger charge is 2.15. The van der Waals surface area contributed by atoms with Crippen LogP contribution in [0, 0.1) is 5.92 Å². The van der Waals surface area contributed by atoms with Gasteiger partial charge in [-0.15, -0.1) is 0 Å². The largest absolute Gasteiger partial charge is 0.313 e. The second-order valence-corrected chi connectivity index (χ2v) is 4.31. The fourth-order valence-electron chi connectivity index (χ4n) is 1.80. The van der Waals surface area contributed by atoms with Gasteiger partial charge in [-0.25, -0.2) is 0 Å². The summed E-state index contributed by atoms with van der Waals surface area (Å²) in [5.74, 6) is 0.772. The van der Waals surface area contributed by atoms with Gasteiger partial charge in [0.05, 0.1) is 0 Å². The van der Waals surface area contributed by atoms with Gasteiger partial charge in [0.25, 0.3) is 0 Å². The van der Waals surface area contributed by atoms with E-state index in [2.05, 4.69) is 45.0 Å². The third-order valence-corrected chi connectivity index (χ3v) is 2.91. The summed E-state index contributed by atoms with van der Waals surface area (Å²) < 4.78 is 0. The maximum atomic E-state index is 3.58. The van der Waals surface area contributed by atoms with E-state index in [1.54, 1.807) is 0 Å². The van der Waals surface area contributed by atoms with Crippen LogP contribution in [0.15, 0.2) is 0 Å². The van der Waals surface area contributed by atoms with Gasteiger partial charge in [0.2, 0.25) is 0 Å². The molecule has 0 heterocycles. The zero-order valence-corrected chi connectivity index (χ0v) is 10.6. The van der Waals surface area contributed by atoms with Gasteiger partial charge in [-0.1, -0.05) is 34.1 Å². The molecule has 0 amide bonds. The molecule has 0 rings (SSSR count). The fourth-order valence-corrected chi connectivity index (χ4v) is 1.80. The van der Waals surface area contributed by atoms with E-state index in [0.29, 0.717) is 6.04 Å². The lowest BCUT2D eigenvalue weighted by Gasteiger charge is -2.28. The highest BCUT2D eigenvalue weighted by atomic mass is 15.1. The smallest absolute Gasteiger partial charge is 0.0220 e. The first-order valence-corrected chi connectivity index (χ1v) is 6.07. The van der Waals surface area contributed by atoms with Crippen LogP contribution < -0.4 is 5.32 Å². The van der Waals surface area contributed by atoms with Crippen LogP contribution >= 0.6 is 0 Å². The van der Waals surface area contributed by atoms with E-state index in [-0.39, 0.29) is 0 Å². The molecule has 86 valence electrons. The maximum Gasteiger partial charge on any atom is 0.0220 e. The molecule has 2 nitrogen and oxygen atoms in total. The van der Waals surface area contributed by atoms with Crippen molar-refractivity contribution in [3.05, 3.63) is 0 Å². The van der Waals surface area contributed by atoms with E-state index in [1.807, 2.05) is 0 Å². The Bertz CT molecular complexity index is 125. The predicted octanol–water partition coefficient (Wildman–Crippen LogP) is 2.35. The molecule has 0 aromatic carbocycles. The third kappa shape index (κ3) is 5.61. The van der Waals surface area contributed by atoms with Gasteiger partial charge < -0.3 is 10.2 Å². The van der Waals surface area contributed by atoms with Gasteiger partial charge in [-0.3, -0.25) is 0 Å². The molecule has 0 bridgehead atoms. The Kier molecular flexibility index (Phi) is 8.20. The summed E-state index contributed by atoms with van der Waals surface area (Å²) in [6.07, 6.45) is 2.51. The number of likely N-dealkylation sites (N-methyl/N-ethyl adjacent to an activating group) is 2. The van der Waals surface area contributed by atoms with Crippen LogP contribution in [0.2, 0.25) is 0 Å². The molecule has 0 aliphatic carbocycles. The molecule has 0 saturated carbocycles. The topological polar surface area (TPSA) is 15.3 Å². The molecule has 0 aromatic heterocycles. The van der Waals surface area contributed by atoms with Gasteiger partial charge in [0.15, 0.2) is 0 Å². The Balaban J connectivity index is 3.94. The highest BCUT2D eigenvalue weighted by molar-refractivity contribution is 4.75. The van der Waals surface area contributed by atoms with Crippen molar-refractivity contribution in [3.63, 3.8) is 0 Å². The third-order valence-electron chi connectivity index (χ3n) is 2.91. The normalized spacial score (nSPS) is 15.9. The summed E-state index contributed by atoms with van der Waals surface area (Å²) in [4.78, 5) is 2.43. The second-order valence-electron chi connectivity index (χ2n) is 4.31. The number of hydrogen-bond donors (Lipinski definition) is 1. The fraction of sp³-hybridized carbons (Fsp3) is 1.00. The minimum atomic E-state index is 0.654. The van der Waals surface area contributed by atoms with E-state index in [0.717, 1.165) is 12.5 Å². The Morgan fingerprint density at radius 1 is 1.21 bits per heavy atom. The average molecular weight is 200 g/mol. The number of hydrogen-bond acceptors (Lipinski definition) is 2. The van der Waals surface area contributed by atoms with Gasteiger partial charge in [0, 0.05) is 12.6 Å². The second kappa shape index (κ2) is 8.25. The van der Waals surface area contributed by atoms with Gasteiger partial charge in [-0.05, 0) is 32.5 Å². The van der Waals surface area contributed by atoms with Crippen molar-refractivity contribution in [2.24, 2.45) is 5.92 Å². The summed E-state index contributed by atoms with van der Waals surface area (Å²) in [7, 11) is 2.22. The summed E-state index contributed by atoms with van der Waals surface area (Å²) in [5.41, 5.74) is 0. The quantitative estimate of drug-likeness (QED) is 0.647. The molecule has 0 aliphatic heterocycles. The Morgan fingerprint density at radius 2 is 1.86 bits per heavy atom. The average Bonchev–Trinajstić information content (AvgIpc) is 2.16. The van der Waals surface area contributed by atoms with Crippen LogP contribution in [0.1, 0.15) is 40.5 Å². The molecular formula is C12H28N2. The minimum absolute atomic E-state index is 0.654. The molecule has 0 fully saturated rings. The van der Waals surface area contributed by atoms with Crippen LogP contribution in [-0.4, -0.2) is 37.6 Å². The van der Waals surface area contributed by atoms with Crippen LogP contribution in [-0.2, 0) is 0 Å². The molecule has 0 spiro atoms. The molecule has 2 atom stereocenters.